The number of morpholine rings is 1. The molecule has 1 aliphatic rings. The highest BCUT2D eigenvalue weighted by atomic mass is 127. The van der Waals surface area contributed by atoms with Gasteiger partial charge in [0.15, 0.2) is 11.8 Å². The number of hydrogen-bond acceptors (Lipinski definition) is 5. The molecule has 9 heteroatoms. The maximum absolute atomic E-state index is 5.91. The van der Waals surface area contributed by atoms with E-state index in [1.807, 2.05) is 36.9 Å². The van der Waals surface area contributed by atoms with Gasteiger partial charge in [-0.1, -0.05) is 19.9 Å². The first kappa shape index (κ1) is 25.5. The zero-order chi connectivity index (χ0) is 21.5. The Labute approximate surface area is 202 Å². The van der Waals surface area contributed by atoms with E-state index in [4.69, 9.17) is 4.74 Å². The first-order valence-corrected chi connectivity index (χ1v) is 10.7. The minimum absolute atomic E-state index is 0. The number of guanidine groups is 1. The first-order chi connectivity index (χ1) is 14.4. The van der Waals surface area contributed by atoms with Crippen LogP contribution in [-0.4, -0.2) is 71.6 Å². The minimum atomic E-state index is 0. The van der Waals surface area contributed by atoms with E-state index in [1.165, 1.54) is 0 Å². The molecule has 1 fully saturated rings. The van der Waals surface area contributed by atoms with E-state index in [-0.39, 0.29) is 30.1 Å². The van der Waals surface area contributed by atoms with Crippen LogP contribution in [0.15, 0.2) is 29.4 Å². The summed E-state index contributed by atoms with van der Waals surface area (Å²) in [5.74, 6) is 2.27. The second-order valence-electron chi connectivity index (χ2n) is 8.32. The van der Waals surface area contributed by atoms with Crippen LogP contribution >= 0.6 is 24.0 Å². The summed E-state index contributed by atoms with van der Waals surface area (Å²) >= 11 is 0. The number of halogens is 1. The van der Waals surface area contributed by atoms with Gasteiger partial charge in [-0.2, -0.15) is 5.10 Å². The predicted octanol–water partition coefficient (Wildman–Crippen LogP) is 2.52. The Kier molecular flexibility index (Phi) is 10.2. The lowest BCUT2D eigenvalue weighted by molar-refractivity contribution is -0.0284. The second kappa shape index (κ2) is 12.4. The minimum Gasteiger partial charge on any atom is -0.374 e. The number of aryl methyl sites for hydroxylation is 2. The van der Waals surface area contributed by atoms with Gasteiger partial charge in [0.05, 0.1) is 18.4 Å². The molecule has 0 bridgehead atoms. The smallest absolute Gasteiger partial charge is 0.191 e. The number of pyridine rings is 1. The third-order valence-corrected chi connectivity index (χ3v) is 5.06. The largest absolute Gasteiger partial charge is 0.374 e. The Morgan fingerprint density at radius 2 is 2.10 bits per heavy atom. The normalized spacial score (nSPS) is 17.5. The molecule has 0 saturated carbocycles. The number of nitrogens with one attached hydrogen (secondary N) is 2. The standard InChI is InChI=1S/C22H35N7O.HI/c1-16(2)14-28-8-9-30-20(15-28)13-26-22(23-5)25-12-19-6-7-21(24-11-19)29-18(4)10-17(3)27-29;/h6-7,10-11,16,20H,8-9,12-15H2,1-5H3,(H2,23,25,26);1H. The van der Waals surface area contributed by atoms with Gasteiger partial charge in [-0.3, -0.25) is 9.89 Å². The maximum Gasteiger partial charge on any atom is 0.191 e. The summed E-state index contributed by atoms with van der Waals surface area (Å²) in [4.78, 5) is 11.4. The van der Waals surface area contributed by atoms with Gasteiger partial charge in [-0.15, -0.1) is 24.0 Å². The molecular weight excluding hydrogens is 505 g/mol. The van der Waals surface area contributed by atoms with Crippen molar-refractivity contribution in [2.45, 2.75) is 40.3 Å². The molecule has 0 aliphatic carbocycles. The highest BCUT2D eigenvalue weighted by Crippen LogP contribution is 2.10. The van der Waals surface area contributed by atoms with Crippen LogP contribution in [0, 0.1) is 19.8 Å². The fourth-order valence-electron chi connectivity index (χ4n) is 3.71. The molecule has 3 rings (SSSR count). The highest BCUT2D eigenvalue weighted by molar-refractivity contribution is 14.0. The molecule has 1 atom stereocenters. The summed E-state index contributed by atoms with van der Waals surface area (Å²) in [6.07, 6.45) is 2.05. The molecule has 31 heavy (non-hydrogen) atoms. The van der Waals surface area contributed by atoms with Crippen LogP contribution in [0.3, 0.4) is 0 Å². The van der Waals surface area contributed by atoms with E-state index in [9.17, 15) is 0 Å². The Bertz CT molecular complexity index is 835. The molecule has 172 valence electrons. The molecule has 2 aromatic rings. The summed E-state index contributed by atoms with van der Waals surface area (Å²) in [6.45, 7) is 13.8. The summed E-state index contributed by atoms with van der Waals surface area (Å²) < 4.78 is 7.77. The van der Waals surface area contributed by atoms with Crippen molar-refractivity contribution in [1.82, 2.24) is 30.3 Å². The molecule has 1 unspecified atom stereocenters. The van der Waals surface area contributed by atoms with Crippen LogP contribution in [0.4, 0.5) is 0 Å². The van der Waals surface area contributed by atoms with Gasteiger partial charge in [-0.05, 0) is 37.5 Å². The average molecular weight is 541 g/mol. The summed E-state index contributed by atoms with van der Waals surface area (Å²) in [5, 5.41) is 11.2. The van der Waals surface area contributed by atoms with Crippen molar-refractivity contribution in [3.05, 3.63) is 41.3 Å². The molecule has 2 N–H and O–H groups in total. The van der Waals surface area contributed by atoms with Crippen molar-refractivity contribution < 1.29 is 4.74 Å². The van der Waals surface area contributed by atoms with Crippen molar-refractivity contribution in [2.75, 3.05) is 39.8 Å². The van der Waals surface area contributed by atoms with Crippen LogP contribution in [0.1, 0.15) is 30.8 Å². The zero-order valence-electron chi connectivity index (χ0n) is 19.3. The third-order valence-electron chi connectivity index (χ3n) is 5.06. The highest BCUT2D eigenvalue weighted by Gasteiger charge is 2.21. The second-order valence-corrected chi connectivity index (χ2v) is 8.32. The van der Waals surface area contributed by atoms with E-state index in [0.717, 1.165) is 61.5 Å². The summed E-state index contributed by atoms with van der Waals surface area (Å²) in [6, 6.07) is 6.10. The Hall–Kier alpha value is -1.72. The predicted molar refractivity (Wildman–Crippen MR) is 135 cm³/mol. The Morgan fingerprint density at radius 1 is 1.29 bits per heavy atom. The van der Waals surface area contributed by atoms with E-state index < -0.39 is 0 Å². The van der Waals surface area contributed by atoms with E-state index in [1.54, 1.807) is 7.05 Å². The number of nitrogens with zero attached hydrogens (tertiary/aromatic N) is 5. The summed E-state index contributed by atoms with van der Waals surface area (Å²) in [7, 11) is 1.78. The maximum atomic E-state index is 5.91. The van der Waals surface area contributed by atoms with Gasteiger partial charge < -0.3 is 15.4 Å². The SMILES string of the molecule is CN=C(NCc1ccc(-n2nc(C)cc2C)nc1)NCC1CN(CC(C)C)CCO1.I. The third kappa shape index (κ3) is 7.73. The first-order valence-electron chi connectivity index (χ1n) is 10.7. The van der Waals surface area contributed by atoms with Crippen LogP contribution in [-0.2, 0) is 11.3 Å². The van der Waals surface area contributed by atoms with Crippen molar-refractivity contribution in [3.63, 3.8) is 0 Å². The quantitative estimate of drug-likeness (QED) is 0.319. The molecule has 8 nitrogen and oxygen atoms in total. The van der Waals surface area contributed by atoms with E-state index >= 15 is 0 Å². The Balaban J connectivity index is 0.00000341. The molecular formula is C22H36IN7O. The van der Waals surface area contributed by atoms with Gasteiger partial charge in [0, 0.05) is 51.7 Å². The van der Waals surface area contributed by atoms with Crippen LogP contribution in [0.25, 0.3) is 5.82 Å². The van der Waals surface area contributed by atoms with Gasteiger partial charge in [-0.25, -0.2) is 9.67 Å². The molecule has 3 heterocycles. The molecule has 2 aromatic heterocycles. The Morgan fingerprint density at radius 3 is 2.71 bits per heavy atom. The van der Waals surface area contributed by atoms with Gasteiger partial charge in [0.1, 0.15) is 0 Å². The molecule has 0 amide bonds. The monoisotopic (exact) mass is 541 g/mol. The van der Waals surface area contributed by atoms with Gasteiger partial charge in [0.25, 0.3) is 0 Å². The zero-order valence-corrected chi connectivity index (χ0v) is 21.6. The fraction of sp³-hybridized carbons (Fsp3) is 0.591. The summed E-state index contributed by atoms with van der Waals surface area (Å²) in [5.41, 5.74) is 3.15. The van der Waals surface area contributed by atoms with Crippen molar-refractivity contribution in [3.8, 4) is 5.82 Å². The topological polar surface area (TPSA) is 79.6 Å². The molecule has 1 aliphatic heterocycles. The van der Waals surface area contributed by atoms with E-state index in [0.29, 0.717) is 12.5 Å². The number of aromatic nitrogens is 3. The van der Waals surface area contributed by atoms with Gasteiger partial charge >= 0.3 is 0 Å². The van der Waals surface area contributed by atoms with Crippen molar-refractivity contribution in [2.24, 2.45) is 10.9 Å². The van der Waals surface area contributed by atoms with Crippen LogP contribution in [0.2, 0.25) is 0 Å². The molecule has 0 spiro atoms. The fourth-order valence-corrected chi connectivity index (χ4v) is 3.71. The molecule has 0 aromatic carbocycles. The molecule has 1 saturated heterocycles. The lowest BCUT2D eigenvalue weighted by atomic mass is 10.2. The molecule has 0 radical (unpaired) electrons. The van der Waals surface area contributed by atoms with Gasteiger partial charge in [0.2, 0.25) is 0 Å². The lowest BCUT2D eigenvalue weighted by Gasteiger charge is -2.34. The number of rotatable bonds is 7. The number of hydrogen-bond donors (Lipinski definition) is 2. The number of ether oxygens (including phenoxy) is 1. The van der Waals surface area contributed by atoms with Crippen LogP contribution < -0.4 is 10.6 Å². The lowest BCUT2D eigenvalue weighted by Crippen LogP contribution is -2.50. The average Bonchev–Trinajstić information content (AvgIpc) is 3.06. The number of aliphatic imine (C=N–C) groups is 1. The van der Waals surface area contributed by atoms with Crippen LogP contribution in [0.5, 0.6) is 0 Å². The van der Waals surface area contributed by atoms with Crippen molar-refractivity contribution >= 4 is 29.9 Å². The van der Waals surface area contributed by atoms with Crippen molar-refractivity contribution in [1.29, 1.82) is 0 Å². The van der Waals surface area contributed by atoms with E-state index in [2.05, 4.69) is 50.5 Å².